The molecule has 1 N–H and O–H groups in total. The van der Waals surface area contributed by atoms with E-state index in [1.165, 1.54) is 0 Å². The summed E-state index contributed by atoms with van der Waals surface area (Å²) in [7, 11) is -2.36. The number of nitrogens with zero attached hydrogens (tertiary/aromatic N) is 1. The summed E-state index contributed by atoms with van der Waals surface area (Å²) in [5.41, 5.74) is 2.19. The van der Waals surface area contributed by atoms with Crippen LogP contribution in [0.2, 0.25) is 5.02 Å². The van der Waals surface area contributed by atoms with Crippen molar-refractivity contribution >= 4 is 33.0 Å². The number of hydrogen-bond donors (Lipinski definition) is 1. The monoisotopic (exact) mass is 454 g/mol. The molecule has 0 amide bonds. The molecule has 158 valence electrons. The second kappa shape index (κ2) is 8.45. The lowest BCUT2D eigenvalue weighted by atomic mass is 10.2. The van der Waals surface area contributed by atoms with Crippen molar-refractivity contribution in [2.45, 2.75) is 16.8 Å². The Hall–Kier alpha value is -3.29. The molecule has 0 aliphatic heterocycles. The van der Waals surface area contributed by atoms with Crippen LogP contribution < -0.4 is 10.1 Å². The second-order valence-corrected chi connectivity index (χ2v) is 9.13. The van der Waals surface area contributed by atoms with E-state index in [4.69, 9.17) is 20.8 Å². The van der Waals surface area contributed by atoms with Crippen LogP contribution in [-0.4, -0.2) is 20.5 Å². The number of anilines is 2. The Kier molecular flexibility index (Phi) is 5.71. The Morgan fingerprint density at radius 3 is 2.19 bits per heavy atom. The quantitative estimate of drug-likeness (QED) is 0.391. The summed E-state index contributed by atoms with van der Waals surface area (Å²) in [6.07, 6.45) is 0. The number of rotatable bonds is 6. The first-order valence-corrected chi connectivity index (χ1v) is 11.2. The van der Waals surface area contributed by atoms with Crippen LogP contribution in [0.3, 0.4) is 0 Å². The van der Waals surface area contributed by atoms with Gasteiger partial charge in [-0.1, -0.05) is 29.3 Å². The fourth-order valence-corrected chi connectivity index (χ4v) is 4.30. The first-order valence-electron chi connectivity index (χ1n) is 9.36. The molecule has 0 radical (unpaired) electrons. The SMILES string of the molecule is COc1ccc(-c2nc(S(=O)(=O)c3ccc(C)cc3)c(Nc3ccc(Cl)cc3)o2)cc1. The van der Waals surface area contributed by atoms with Gasteiger partial charge in [-0.15, -0.1) is 0 Å². The zero-order valence-electron chi connectivity index (χ0n) is 16.8. The predicted molar refractivity (Wildman–Crippen MR) is 120 cm³/mol. The molecule has 0 atom stereocenters. The van der Waals surface area contributed by atoms with Gasteiger partial charge in [-0.3, -0.25) is 0 Å². The molecule has 4 aromatic rings. The molecule has 8 heteroatoms. The lowest BCUT2D eigenvalue weighted by Crippen LogP contribution is -2.05. The largest absolute Gasteiger partial charge is 0.497 e. The Labute approximate surface area is 185 Å². The highest BCUT2D eigenvalue weighted by atomic mass is 35.5. The number of sulfone groups is 1. The number of aryl methyl sites for hydroxylation is 1. The Morgan fingerprint density at radius 1 is 0.935 bits per heavy atom. The van der Waals surface area contributed by atoms with Crippen LogP contribution in [-0.2, 0) is 9.84 Å². The molecule has 0 aliphatic rings. The van der Waals surface area contributed by atoms with Crippen molar-refractivity contribution in [1.82, 2.24) is 4.98 Å². The number of ether oxygens (including phenoxy) is 1. The van der Waals surface area contributed by atoms with Gasteiger partial charge in [-0.2, -0.15) is 4.98 Å². The lowest BCUT2D eigenvalue weighted by Gasteiger charge is -2.06. The summed E-state index contributed by atoms with van der Waals surface area (Å²) < 4.78 is 37.7. The van der Waals surface area contributed by atoms with E-state index in [9.17, 15) is 8.42 Å². The summed E-state index contributed by atoms with van der Waals surface area (Å²) in [6, 6.07) is 20.4. The van der Waals surface area contributed by atoms with E-state index in [0.29, 0.717) is 22.0 Å². The van der Waals surface area contributed by atoms with E-state index in [-0.39, 0.29) is 21.7 Å². The van der Waals surface area contributed by atoms with Gasteiger partial charge in [0.25, 0.3) is 0 Å². The molecule has 0 saturated heterocycles. The molecule has 0 unspecified atom stereocenters. The molecule has 0 fully saturated rings. The minimum atomic E-state index is -3.93. The van der Waals surface area contributed by atoms with Gasteiger partial charge in [-0.05, 0) is 67.6 Å². The Bertz CT molecular complexity index is 1300. The first kappa shape index (κ1) is 21.0. The van der Waals surface area contributed by atoms with Gasteiger partial charge in [0.15, 0.2) is 0 Å². The van der Waals surface area contributed by atoms with Crippen molar-refractivity contribution in [3.63, 3.8) is 0 Å². The van der Waals surface area contributed by atoms with Crippen molar-refractivity contribution in [2.75, 3.05) is 12.4 Å². The molecule has 0 aliphatic carbocycles. The second-order valence-electron chi connectivity index (χ2n) is 6.83. The number of hydrogen-bond acceptors (Lipinski definition) is 6. The number of oxazole rings is 1. The van der Waals surface area contributed by atoms with Gasteiger partial charge in [0.1, 0.15) is 5.75 Å². The normalized spacial score (nSPS) is 11.3. The van der Waals surface area contributed by atoms with E-state index in [0.717, 1.165) is 5.56 Å². The van der Waals surface area contributed by atoms with Gasteiger partial charge < -0.3 is 14.5 Å². The highest BCUT2D eigenvalue weighted by molar-refractivity contribution is 7.91. The zero-order chi connectivity index (χ0) is 22.0. The minimum Gasteiger partial charge on any atom is -0.497 e. The minimum absolute atomic E-state index is 0.0220. The fraction of sp³-hybridized carbons (Fsp3) is 0.0870. The molecular weight excluding hydrogens is 436 g/mol. The predicted octanol–water partition coefficient (Wildman–Crippen LogP) is 5.89. The average molecular weight is 455 g/mol. The molecular formula is C23H19ClN2O4S. The maximum atomic E-state index is 13.4. The van der Waals surface area contributed by atoms with Crippen LogP contribution in [0, 0.1) is 6.92 Å². The van der Waals surface area contributed by atoms with Crippen LogP contribution in [0.25, 0.3) is 11.5 Å². The molecule has 1 heterocycles. The van der Waals surface area contributed by atoms with Gasteiger partial charge in [0.2, 0.25) is 26.6 Å². The topological polar surface area (TPSA) is 81.4 Å². The van der Waals surface area contributed by atoms with E-state index < -0.39 is 9.84 Å². The number of halogens is 1. The smallest absolute Gasteiger partial charge is 0.238 e. The fourth-order valence-electron chi connectivity index (χ4n) is 2.92. The molecule has 31 heavy (non-hydrogen) atoms. The number of methoxy groups -OCH3 is 1. The van der Waals surface area contributed by atoms with Crippen LogP contribution in [0.4, 0.5) is 11.6 Å². The highest BCUT2D eigenvalue weighted by Crippen LogP contribution is 2.34. The van der Waals surface area contributed by atoms with Crippen LogP contribution in [0.15, 0.2) is 87.1 Å². The lowest BCUT2D eigenvalue weighted by molar-refractivity contribution is 0.415. The van der Waals surface area contributed by atoms with E-state index in [1.807, 2.05) is 6.92 Å². The third-order valence-corrected chi connectivity index (χ3v) is 6.55. The van der Waals surface area contributed by atoms with E-state index in [2.05, 4.69) is 10.3 Å². The standard InChI is InChI=1S/C23H19ClN2O4S/c1-15-3-13-20(14-4-15)31(27,28)23-22(25-18-9-7-17(24)8-10-18)30-21(26-23)16-5-11-19(29-2)12-6-16/h3-14,25H,1-2H3. The molecule has 0 saturated carbocycles. The van der Waals surface area contributed by atoms with Crippen molar-refractivity contribution < 1.29 is 17.6 Å². The van der Waals surface area contributed by atoms with Gasteiger partial charge >= 0.3 is 0 Å². The Balaban J connectivity index is 1.81. The average Bonchev–Trinajstić information content (AvgIpc) is 3.20. The number of benzene rings is 3. The van der Waals surface area contributed by atoms with Crippen molar-refractivity contribution in [2.24, 2.45) is 0 Å². The molecule has 6 nitrogen and oxygen atoms in total. The maximum Gasteiger partial charge on any atom is 0.238 e. The molecule has 0 bridgehead atoms. The third-order valence-electron chi connectivity index (χ3n) is 4.62. The molecule has 4 rings (SSSR count). The third kappa shape index (κ3) is 4.42. The number of nitrogens with one attached hydrogen (secondary N) is 1. The van der Waals surface area contributed by atoms with Crippen molar-refractivity contribution in [3.05, 3.63) is 83.4 Å². The van der Waals surface area contributed by atoms with Crippen molar-refractivity contribution in [1.29, 1.82) is 0 Å². The first-order chi connectivity index (χ1) is 14.9. The molecule has 3 aromatic carbocycles. The molecule has 1 aromatic heterocycles. The summed E-state index contributed by atoms with van der Waals surface area (Å²) in [5, 5.41) is 3.38. The molecule has 0 spiro atoms. The summed E-state index contributed by atoms with van der Waals surface area (Å²) in [4.78, 5) is 4.47. The summed E-state index contributed by atoms with van der Waals surface area (Å²) in [6.45, 7) is 1.89. The summed E-state index contributed by atoms with van der Waals surface area (Å²) >= 11 is 5.95. The van der Waals surface area contributed by atoms with E-state index in [1.54, 1.807) is 79.9 Å². The van der Waals surface area contributed by atoms with Crippen LogP contribution in [0.5, 0.6) is 5.75 Å². The number of aromatic nitrogens is 1. The summed E-state index contributed by atoms with van der Waals surface area (Å²) in [5.74, 6) is 0.862. The zero-order valence-corrected chi connectivity index (χ0v) is 18.4. The van der Waals surface area contributed by atoms with Crippen LogP contribution >= 0.6 is 11.6 Å². The van der Waals surface area contributed by atoms with Crippen molar-refractivity contribution in [3.8, 4) is 17.2 Å². The maximum absolute atomic E-state index is 13.4. The van der Waals surface area contributed by atoms with E-state index >= 15 is 0 Å². The Morgan fingerprint density at radius 2 is 1.58 bits per heavy atom. The van der Waals surface area contributed by atoms with Crippen LogP contribution in [0.1, 0.15) is 5.56 Å². The van der Waals surface area contributed by atoms with Gasteiger partial charge in [0, 0.05) is 16.3 Å². The van der Waals surface area contributed by atoms with Gasteiger partial charge in [-0.25, -0.2) is 8.42 Å². The highest BCUT2D eigenvalue weighted by Gasteiger charge is 2.28. The van der Waals surface area contributed by atoms with Gasteiger partial charge in [0.05, 0.1) is 12.0 Å².